The van der Waals surface area contributed by atoms with Crippen LogP contribution in [0.2, 0.25) is 5.02 Å². The number of halogens is 1. The SMILES string of the molecule is CN(C)C[C@@H](O)C(C)(C)S(=O)(=O)C1(CN2CCc3c(C(=O)NCc4ccc(Cl)cc4)nn(C)c3C2=O)CC1. The molecule has 2 aromatic rings. The molecule has 1 aliphatic heterocycles. The first-order valence-corrected chi connectivity index (χ1v) is 14.5. The zero-order valence-electron chi connectivity index (χ0n) is 22.5. The van der Waals surface area contributed by atoms with E-state index in [1.165, 1.54) is 4.68 Å². The maximum atomic E-state index is 13.8. The molecule has 0 unspecified atom stereocenters. The molecule has 1 atom stereocenters. The number of likely N-dealkylation sites (N-methyl/N-ethyl adjacent to an activating group) is 1. The van der Waals surface area contributed by atoms with Gasteiger partial charge in [-0.05, 0) is 64.9 Å². The normalized spacial score (nSPS) is 17.9. The van der Waals surface area contributed by atoms with Gasteiger partial charge in [0.05, 0.1) is 15.6 Å². The van der Waals surface area contributed by atoms with Crippen molar-refractivity contribution >= 4 is 33.3 Å². The molecule has 1 aliphatic carbocycles. The van der Waals surface area contributed by atoms with Crippen LogP contribution >= 0.6 is 11.6 Å². The van der Waals surface area contributed by atoms with Gasteiger partial charge in [0.25, 0.3) is 11.8 Å². The number of amides is 2. The summed E-state index contributed by atoms with van der Waals surface area (Å²) in [6.07, 6.45) is 0.193. The smallest absolute Gasteiger partial charge is 0.272 e. The van der Waals surface area contributed by atoms with E-state index in [2.05, 4.69) is 10.4 Å². The summed E-state index contributed by atoms with van der Waals surface area (Å²) in [6.45, 7) is 3.96. The Hall–Kier alpha value is -2.47. The molecule has 12 heteroatoms. The van der Waals surface area contributed by atoms with Crippen molar-refractivity contribution < 1.29 is 23.1 Å². The molecular weight excluding hydrogens is 530 g/mol. The van der Waals surface area contributed by atoms with E-state index in [1.807, 2.05) is 12.1 Å². The molecule has 0 spiro atoms. The predicted octanol–water partition coefficient (Wildman–Crippen LogP) is 1.65. The number of aliphatic hydroxyl groups is 1. The van der Waals surface area contributed by atoms with Gasteiger partial charge in [0.1, 0.15) is 5.69 Å². The summed E-state index contributed by atoms with van der Waals surface area (Å²) in [5.74, 6) is -0.720. The number of nitrogens with zero attached hydrogens (tertiary/aromatic N) is 4. The van der Waals surface area contributed by atoms with Gasteiger partial charge in [-0.25, -0.2) is 8.42 Å². The molecule has 10 nitrogen and oxygen atoms in total. The number of carbonyl (C=O) groups is 2. The molecule has 208 valence electrons. The number of nitrogens with one attached hydrogen (secondary N) is 1. The van der Waals surface area contributed by atoms with Gasteiger partial charge in [0, 0.05) is 43.8 Å². The molecule has 1 aromatic heterocycles. The Bertz CT molecular complexity index is 1330. The van der Waals surface area contributed by atoms with Crippen molar-refractivity contribution in [1.29, 1.82) is 0 Å². The molecule has 0 bridgehead atoms. The molecule has 4 rings (SSSR count). The highest BCUT2D eigenvalue weighted by Crippen LogP contribution is 2.50. The van der Waals surface area contributed by atoms with E-state index in [-0.39, 0.29) is 43.7 Å². The van der Waals surface area contributed by atoms with Crippen LogP contribution in [0.5, 0.6) is 0 Å². The van der Waals surface area contributed by atoms with Crippen LogP contribution in [-0.2, 0) is 29.9 Å². The fourth-order valence-corrected chi connectivity index (χ4v) is 7.71. The molecule has 38 heavy (non-hydrogen) atoms. The summed E-state index contributed by atoms with van der Waals surface area (Å²) >= 11 is 5.92. The molecule has 1 fully saturated rings. The second-order valence-corrected chi connectivity index (χ2v) is 14.5. The summed E-state index contributed by atoms with van der Waals surface area (Å²) < 4.78 is 26.5. The average Bonchev–Trinajstić information content (AvgIpc) is 3.56. The summed E-state index contributed by atoms with van der Waals surface area (Å²) in [5, 5.41) is 18.5. The third-order valence-corrected chi connectivity index (χ3v) is 11.3. The van der Waals surface area contributed by atoms with Crippen LogP contribution in [-0.4, -0.2) is 94.2 Å². The highest BCUT2D eigenvalue weighted by molar-refractivity contribution is 7.94. The zero-order valence-corrected chi connectivity index (χ0v) is 24.1. The quantitative estimate of drug-likeness (QED) is 0.449. The summed E-state index contributed by atoms with van der Waals surface area (Å²) in [7, 11) is 1.38. The van der Waals surface area contributed by atoms with Crippen molar-refractivity contribution in [3.63, 3.8) is 0 Å². The van der Waals surface area contributed by atoms with Gasteiger partial charge in [0.15, 0.2) is 15.5 Å². The minimum atomic E-state index is -3.79. The van der Waals surface area contributed by atoms with Gasteiger partial charge in [0.2, 0.25) is 0 Å². The van der Waals surface area contributed by atoms with Crippen molar-refractivity contribution in [2.45, 2.75) is 55.3 Å². The number of fused-ring (bicyclic) bond motifs is 1. The topological polar surface area (TPSA) is 125 Å². The van der Waals surface area contributed by atoms with Crippen LogP contribution in [0.4, 0.5) is 0 Å². The van der Waals surface area contributed by atoms with Gasteiger partial charge < -0.3 is 20.2 Å². The van der Waals surface area contributed by atoms with E-state index in [0.717, 1.165) is 5.56 Å². The fourth-order valence-electron chi connectivity index (χ4n) is 5.07. The van der Waals surface area contributed by atoms with Gasteiger partial charge in [-0.2, -0.15) is 5.10 Å². The van der Waals surface area contributed by atoms with E-state index < -0.39 is 25.4 Å². The number of sulfone groups is 1. The summed E-state index contributed by atoms with van der Waals surface area (Å²) in [6, 6.07) is 7.13. The molecule has 0 saturated heterocycles. The number of hydrogen-bond acceptors (Lipinski definition) is 7. The van der Waals surface area contributed by atoms with E-state index in [9.17, 15) is 23.1 Å². The first kappa shape index (κ1) is 28.5. The first-order valence-electron chi connectivity index (χ1n) is 12.6. The Morgan fingerprint density at radius 1 is 1.26 bits per heavy atom. The fraction of sp³-hybridized carbons (Fsp3) is 0.577. The van der Waals surface area contributed by atoms with Crippen molar-refractivity contribution in [2.24, 2.45) is 7.05 Å². The second kappa shape index (κ2) is 10.3. The van der Waals surface area contributed by atoms with Gasteiger partial charge in [-0.3, -0.25) is 14.3 Å². The zero-order chi connectivity index (χ0) is 28.0. The number of hydrogen-bond donors (Lipinski definition) is 2. The van der Waals surface area contributed by atoms with Crippen molar-refractivity contribution in [1.82, 2.24) is 24.9 Å². The molecule has 1 saturated carbocycles. The molecule has 2 aliphatic rings. The lowest BCUT2D eigenvalue weighted by molar-refractivity contribution is 0.0722. The molecule has 0 radical (unpaired) electrons. The second-order valence-electron chi connectivity index (χ2n) is 11.2. The highest BCUT2D eigenvalue weighted by atomic mass is 35.5. The number of aliphatic hydroxyl groups excluding tert-OH is 1. The first-order chi connectivity index (χ1) is 17.7. The standard InChI is InChI=1S/C26H36ClN5O5S/c1-25(2,20(33)15-30(3)4)38(36,37)26(11-12-26)16-32-13-10-19-21(29-31(5)22(19)24(32)35)23(34)28-14-17-6-8-18(27)9-7-17/h6-9,20,33H,10-16H2,1-5H3,(H,28,34)/t20-/m1/s1. The van der Waals surface area contributed by atoms with Crippen LogP contribution in [0, 0.1) is 0 Å². The highest BCUT2D eigenvalue weighted by Gasteiger charge is 2.62. The van der Waals surface area contributed by atoms with Crippen molar-refractivity contribution in [3.05, 3.63) is 51.8 Å². The maximum absolute atomic E-state index is 13.8. The van der Waals surface area contributed by atoms with E-state index in [4.69, 9.17) is 11.6 Å². The average molecular weight is 566 g/mol. The molecule has 1 aromatic carbocycles. The number of carbonyl (C=O) groups excluding carboxylic acids is 2. The third-order valence-electron chi connectivity index (χ3n) is 7.74. The van der Waals surface area contributed by atoms with Gasteiger partial charge in [-0.1, -0.05) is 23.7 Å². The number of benzene rings is 1. The Kier molecular flexibility index (Phi) is 7.70. The number of rotatable bonds is 10. The van der Waals surface area contributed by atoms with Crippen molar-refractivity contribution in [2.75, 3.05) is 33.7 Å². The Balaban J connectivity index is 1.50. The van der Waals surface area contributed by atoms with Gasteiger partial charge >= 0.3 is 0 Å². The van der Waals surface area contributed by atoms with Crippen LogP contribution < -0.4 is 5.32 Å². The lowest BCUT2D eigenvalue weighted by Crippen LogP contribution is -2.56. The number of aryl methyl sites for hydroxylation is 1. The largest absolute Gasteiger partial charge is 0.390 e. The Labute approximate surface area is 228 Å². The molecule has 2 amide bonds. The molecule has 2 heterocycles. The van der Waals surface area contributed by atoms with Crippen LogP contribution in [0.3, 0.4) is 0 Å². The Morgan fingerprint density at radius 3 is 2.47 bits per heavy atom. The van der Waals surface area contributed by atoms with E-state index in [0.29, 0.717) is 35.5 Å². The Morgan fingerprint density at radius 2 is 1.89 bits per heavy atom. The van der Waals surface area contributed by atoms with Crippen LogP contribution in [0.15, 0.2) is 24.3 Å². The predicted molar refractivity (Wildman–Crippen MR) is 145 cm³/mol. The molecular formula is C26H36ClN5O5S. The summed E-state index contributed by atoms with van der Waals surface area (Å²) in [4.78, 5) is 29.8. The van der Waals surface area contributed by atoms with Crippen LogP contribution in [0.25, 0.3) is 0 Å². The lowest BCUT2D eigenvalue weighted by atomic mass is 10.0. The maximum Gasteiger partial charge on any atom is 0.272 e. The minimum Gasteiger partial charge on any atom is -0.390 e. The molecule has 2 N–H and O–H groups in total. The third kappa shape index (κ3) is 5.09. The van der Waals surface area contributed by atoms with Crippen molar-refractivity contribution in [3.8, 4) is 0 Å². The van der Waals surface area contributed by atoms with Gasteiger partial charge in [-0.15, -0.1) is 0 Å². The minimum absolute atomic E-state index is 0.0506. The summed E-state index contributed by atoms with van der Waals surface area (Å²) in [5.41, 5.74) is 1.94. The van der Waals surface area contributed by atoms with E-state index in [1.54, 1.807) is 56.9 Å². The van der Waals surface area contributed by atoms with E-state index >= 15 is 0 Å². The number of aromatic nitrogens is 2. The lowest BCUT2D eigenvalue weighted by Gasteiger charge is -2.38. The van der Waals surface area contributed by atoms with Crippen LogP contribution in [0.1, 0.15) is 58.8 Å². The monoisotopic (exact) mass is 565 g/mol.